The molecule has 0 saturated carbocycles. The number of nitrogens with zero attached hydrogens (tertiary/aromatic N) is 5. The Labute approximate surface area is 198 Å². The van der Waals surface area contributed by atoms with Crippen LogP contribution in [-0.2, 0) is 21.4 Å². The average Bonchev–Trinajstić information content (AvgIpc) is 2.87. The molecule has 1 aliphatic rings. The summed E-state index contributed by atoms with van der Waals surface area (Å²) in [5.74, 6) is 0.251. The quantitative estimate of drug-likeness (QED) is 0.515. The Kier molecular flexibility index (Phi) is 7.33. The summed E-state index contributed by atoms with van der Waals surface area (Å²) >= 11 is 0. The Bertz CT molecular complexity index is 1290. The lowest BCUT2D eigenvalue weighted by Gasteiger charge is -2.31. The van der Waals surface area contributed by atoms with Crippen LogP contribution in [0.4, 0.5) is 0 Å². The highest BCUT2D eigenvalue weighted by molar-refractivity contribution is 7.87. The van der Waals surface area contributed by atoms with E-state index in [1.807, 2.05) is 37.3 Å². The van der Waals surface area contributed by atoms with Gasteiger partial charge in [0.2, 0.25) is 5.88 Å². The fourth-order valence-electron chi connectivity index (χ4n) is 3.72. The fraction of sp³-hybridized carbons (Fsp3) is 0.391. The van der Waals surface area contributed by atoms with Crippen molar-refractivity contribution >= 4 is 21.2 Å². The first-order chi connectivity index (χ1) is 16.4. The highest BCUT2D eigenvalue weighted by Crippen LogP contribution is 2.27. The zero-order valence-electron chi connectivity index (χ0n) is 19.0. The van der Waals surface area contributed by atoms with Gasteiger partial charge in [-0.05, 0) is 25.0 Å². The van der Waals surface area contributed by atoms with Crippen LogP contribution >= 0.6 is 0 Å². The summed E-state index contributed by atoms with van der Waals surface area (Å²) in [5, 5.41) is 9.04. The molecular formula is C23H26N6O4S. The predicted octanol–water partition coefficient (Wildman–Crippen LogP) is 1.94. The number of hydrogen-bond donors (Lipinski definition) is 1. The second kappa shape index (κ2) is 10.4. The topological polar surface area (TPSA) is 130 Å². The van der Waals surface area contributed by atoms with Crippen LogP contribution in [-0.4, -0.2) is 67.1 Å². The molecular weight excluding hydrogens is 456 g/mol. The van der Waals surface area contributed by atoms with Gasteiger partial charge in [-0.15, -0.1) is 0 Å². The Morgan fingerprint density at radius 2 is 2.06 bits per heavy atom. The van der Waals surface area contributed by atoms with Gasteiger partial charge in [0.1, 0.15) is 12.7 Å². The summed E-state index contributed by atoms with van der Waals surface area (Å²) in [6.45, 7) is 2.74. The van der Waals surface area contributed by atoms with Crippen molar-refractivity contribution in [2.75, 3.05) is 33.4 Å². The normalized spacial score (nSPS) is 17.9. The van der Waals surface area contributed by atoms with E-state index in [4.69, 9.17) is 14.7 Å². The molecule has 1 saturated heterocycles. The minimum absolute atomic E-state index is 0.0547. The minimum atomic E-state index is -3.54. The van der Waals surface area contributed by atoms with Crippen molar-refractivity contribution in [1.29, 1.82) is 5.26 Å². The van der Waals surface area contributed by atoms with E-state index in [1.165, 1.54) is 11.4 Å². The number of rotatable bonds is 8. The molecule has 10 nitrogen and oxygen atoms in total. The molecule has 1 N–H and O–H groups in total. The van der Waals surface area contributed by atoms with Crippen molar-refractivity contribution in [3.05, 3.63) is 48.3 Å². The number of nitriles is 1. The highest BCUT2D eigenvalue weighted by atomic mass is 32.2. The Balaban J connectivity index is 1.55. The summed E-state index contributed by atoms with van der Waals surface area (Å²) in [4.78, 5) is 13.4. The maximum Gasteiger partial charge on any atom is 0.279 e. The van der Waals surface area contributed by atoms with Gasteiger partial charge in [-0.1, -0.05) is 24.3 Å². The van der Waals surface area contributed by atoms with Crippen molar-refractivity contribution in [1.82, 2.24) is 24.0 Å². The first-order valence-corrected chi connectivity index (χ1v) is 12.4. The van der Waals surface area contributed by atoms with Crippen molar-refractivity contribution in [2.24, 2.45) is 5.92 Å². The van der Waals surface area contributed by atoms with Crippen LogP contribution in [0.1, 0.15) is 12.5 Å². The maximum atomic E-state index is 12.1. The summed E-state index contributed by atoms with van der Waals surface area (Å²) in [6.07, 6.45) is 3.41. The molecule has 0 aliphatic carbocycles. The lowest BCUT2D eigenvalue weighted by Crippen LogP contribution is -2.50. The van der Waals surface area contributed by atoms with Crippen LogP contribution in [0.15, 0.2) is 42.7 Å². The average molecular weight is 483 g/mol. The van der Waals surface area contributed by atoms with Gasteiger partial charge in [-0.3, -0.25) is 4.98 Å². The monoisotopic (exact) mass is 482 g/mol. The molecule has 11 heteroatoms. The lowest BCUT2D eigenvalue weighted by molar-refractivity contribution is -0.0256. The van der Waals surface area contributed by atoms with Gasteiger partial charge in [0, 0.05) is 44.0 Å². The van der Waals surface area contributed by atoms with E-state index in [1.54, 1.807) is 12.4 Å². The van der Waals surface area contributed by atoms with Gasteiger partial charge in [0.25, 0.3) is 10.2 Å². The first kappa shape index (κ1) is 24.0. The lowest BCUT2D eigenvalue weighted by atomic mass is 10.0. The van der Waals surface area contributed by atoms with Crippen molar-refractivity contribution in [3.63, 3.8) is 0 Å². The van der Waals surface area contributed by atoms with Crippen LogP contribution in [0.25, 0.3) is 22.3 Å². The molecule has 2 aromatic heterocycles. The van der Waals surface area contributed by atoms with Gasteiger partial charge in [-0.2, -0.15) is 18.0 Å². The maximum absolute atomic E-state index is 12.1. The number of morpholine rings is 1. The number of fused-ring (bicyclic) bond motifs is 1. The molecule has 1 aromatic carbocycles. The first-order valence-electron chi connectivity index (χ1n) is 10.9. The molecule has 178 valence electrons. The third-order valence-corrected chi connectivity index (χ3v) is 7.07. The van der Waals surface area contributed by atoms with Crippen LogP contribution in [0.2, 0.25) is 0 Å². The number of nitrogens with one attached hydrogen (secondary N) is 1. The molecule has 3 aromatic rings. The van der Waals surface area contributed by atoms with E-state index in [-0.39, 0.29) is 32.2 Å². The molecule has 0 amide bonds. The van der Waals surface area contributed by atoms with Gasteiger partial charge in [0.05, 0.1) is 23.9 Å². The summed E-state index contributed by atoms with van der Waals surface area (Å²) < 4.78 is 39.6. The van der Waals surface area contributed by atoms with E-state index in [2.05, 4.69) is 25.7 Å². The Hall–Kier alpha value is -3.17. The molecule has 0 spiro atoms. The molecule has 0 bridgehead atoms. The molecule has 2 atom stereocenters. The highest BCUT2D eigenvalue weighted by Gasteiger charge is 2.29. The molecule has 0 unspecified atom stereocenters. The second-order valence-electron chi connectivity index (χ2n) is 8.04. The number of aromatic nitrogens is 3. The van der Waals surface area contributed by atoms with E-state index in [0.29, 0.717) is 29.0 Å². The van der Waals surface area contributed by atoms with E-state index in [9.17, 15) is 8.42 Å². The second-order valence-corrected chi connectivity index (χ2v) is 9.91. The van der Waals surface area contributed by atoms with Crippen molar-refractivity contribution in [2.45, 2.75) is 19.4 Å². The zero-order valence-corrected chi connectivity index (χ0v) is 19.8. The molecule has 3 heterocycles. The Morgan fingerprint density at radius 3 is 2.79 bits per heavy atom. The number of hydrogen-bond acceptors (Lipinski definition) is 8. The zero-order chi connectivity index (χ0) is 24.1. The van der Waals surface area contributed by atoms with Crippen molar-refractivity contribution in [3.8, 4) is 23.2 Å². The van der Waals surface area contributed by atoms with E-state index in [0.717, 1.165) is 11.1 Å². The molecule has 1 fully saturated rings. The number of benzene rings is 1. The smallest absolute Gasteiger partial charge is 0.279 e. The van der Waals surface area contributed by atoms with Crippen LogP contribution in [0.5, 0.6) is 5.88 Å². The molecule has 1 aliphatic heterocycles. The summed E-state index contributed by atoms with van der Waals surface area (Å²) in [6, 6.07) is 12.0. The van der Waals surface area contributed by atoms with Crippen molar-refractivity contribution < 1.29 is 17.9 Å². The Morgan fingerprint density at radius 1 is 1.29 bits per heavy atom. The van der Waals surface area contributed by atoms with Gasteiger partial charge < -0.3 is 9.47 Å². The van der Waals surface area contributed by atoms with Crippen LogP contribution < -0.4 is 9.46 Å². The van der Waals surface area contributed by atoms with Crippen LogP contribution in [0, 0.1) is 17.2 Å². The number of pyridine rings is 1. The minimum Gasteiger partial charge on any atom is -0.473 e. The summed E-state index contributed by atoms with van der Waals surface area (Å²) in [5.41, 5.74) is 3.78. The fourth-order valence-corrected chi connectivity index (χ4v) is 4.65. The van der Waals surface area contributed by atoms with Gasteiger partial charge in [0.15, 0.2) is 5.52 Å². The third-order valence-electron chi connectivity index (χ3n) is 5.54. The van der Waals surface area contributed by atoms with Gasteiger partial charge >= 0.3 is 0 Å². The number of ether oxygens (including phenoxy) is 2. The standard InChI is InChI=1S/C23H26N6O4S/c1-16(13-24)11-17-3-5-18(6-4-17)20-12-21-22(27-8-7-26-21)23(28-20)33-15-19-14-29(9-10-32-19)34(30,31)25-2/h3-8,12,16,19,25H,9-11,14-15H2,1-2H3/t16-,19+/m1/s1. The SMILES string of the molecule is CNS(=O)(=O)N1CCO[C@H](COc2nc(-c3ccc(C[C@@H](C)C#N)cc3)cc3nccnc23)C1. The largest absolute Gasteiger partial charge is 0.473 e. The molecule has 0 radical (unpaired) electrons. The predicted molar refractivity (Wildman–Crippen MR) is 126 cm³/mol. The molecule has 4 rings (SSSR count). The third kappa shape index (κ3) is 5.48. The van der Waals surface area contributed by atoms with Gasteiger partial charge in [-0.25, -0.2) is 14.7 Å². The van der Waals surface area contributed by atoms with E-state index < -0.39 is 16.3 Å². The summed E-state index contributed by atoms with van der Waals surface area (Å²) in [7, 11) is -2.15. The molecule has 34 heavy (non-hydrogen) atoms. The van der Waals surface area contributed by atoms with Crippen LogP contribution in [0.3, 0.4) is 0 Å². The van der Waals surface area contributed by atoms with E-state index >= 15 is 0 Å².